The van der Waals surface area contributed by atoms with Gasteiger partial charge in [0.15, 0.2) is 0 Å². The zero-order chi connectivity index (χ0) is 16.9. The SMILES string of the molecule is CCOc1ccc(CN2CCN(c3ccc(C(N)=O)cc3)CC2)o1. The van der Waals surface area contributed by atoms with Crippen LogP contribution in [0.3, 0.4) is 0 Å². The van der Waals surface area contributed by atoms with Crippen LogP contribution >= 0.6 is 0 Å². The van der Waals surface area contributed by atoms with Crippen LogP contribution in [0, 0.1) is 0 Å². The smallest absolute Gasteiger partial charge is 0.284 e. The highest BCUT2D eigenvalue weighted by molar-refractivity contribution is 5.93. The molecule has 1 amide bonds. The second kappa shape index (κ2) is 7.40. The van der Waals surface area contributed by atoms with Crippen molar-refractivity contribution >= 4 is 11.6 Å². The van der Waals surface area contributed by atoms with E-state index in [2.05, 4.69) is 9.80 Å². The number of hydrogen-bond donors (Lipinski definition) is 1. The van der Waals surface area contributed by atoms with Crippen LogP contribution in [0.2, 0.25) is 0 Å². The minimum Gasteiger partial charge on any atom is -0.465 e. The summed E-state index contributed by atoms with van der Waals surface area (Å²) in [6.07, 6.45) is 0. The molecule has 1 aliphatic rings. The van der Waals surface area contributed by atoms with Gasteiger partial charge in [0.05, 0.1) is 13.2 Å². The maximum absolute atomic E-state index is 11.1. The van der Waals surface area contributed by atoms with E-state index in [9.17, 15) is 4.79 Å². The number of carbonyl (C=O) groups excluding carboxylic acids is 1. The third-order valence-corrected chi connectivity index (χ3v) is 4.19. The normalized spacial score (nSPS) is 15.5. The van der Waals surface area contributed by atoms with Gasteiger partial charge in [0, 0.05) is 43.5 Å². The van der Waals surface area contributed by atoms with E-state index < -0.39 is 5.91 Å². The number of benzene rings is 1. The zero-order valence-corrected chi connectivity index (χ0v) is 13.9. The maximum Gasteiger partial charge on any atom is 0.284 e. The fraction of sp³-hybridized carbons (Fsp3) is 0.389. The summed E-state index contributed by atoms with van der Waals surface area (Å²) in [4.78, 5) is 15.8. The van der Waals surface area contributed by atoms with Crippen molar-refractivity contribution in [3.8, 4) is 5.95 Å². The van der Waals surface area contributed by atoms with Crippen LogP contribution in [0.25, 0.3) is 0 Å². The number of hydrogen-bond acceptors (Lipinski definition) is 5. The first-order valence-corrected chi connectivity index (χ1v) is 8.24. The first kappa shape index (κ1) is 16.4. The lowest BCUT2D eigenvalue weighted by Crippen LogP contribution is -2.45. The average molecular weight is 329 g/mol. The number of nitrogens with zero attached hydrogens (tertiary/aromatic N) is 2. The van der Waals surface area contributed by atoms with Gasteiger partial charge in [-0.25, -0.2) is 0 Å². The van der Waals surface area contributed by atoms with Crippen molar-refractivity contribution in [1.29, 1.82) is 0 Å². The Bertz CT molecular complexity index is 673. The quantitative estimate of drug-likeness (QED) is 0.879. The third kappa shape index (κ3) is 3.89. The molecule has 2 N–H and O–H groups in total. The van der Waals surface area contributed by atoms with Crippen LogP contribution in [0.4, 0.5) is 5.69 Å². The fourth-order valence-electron chi connectivity index (χ4n) is 2.88. The summed E-state index contributed by atoms with van der Waals surface area (Å²) in [6.45, 7) is 7.15. The number of nitrogens with two attached hydrogens (primary N) is 1. The lowest BCUT2D eigenvalue weighted by atomic mass is 10.1. The van der Waals surface area contributed by atoms with Crippen LogP contribution in [0.5, 0.6) is 5.95 Å². The second-order valence-electron chi connectivity index (χ2n) is 5.83. The van der Waals surface area contributed by atoms with Gasteiger partial charge in [-0.3, -0.25) is 9.69 Å². The van der Waals surface area contributed by atoms with Gasteiger partial charge in [0.25, 0.3) is 5.95 Å². The molecule has 6 nitrogen and oxygen atoms in total. The van der Waals surface area contributed by atoms with Crippen molar-refractivity contribution in [2.24, 2.45) is 5.73 Å². The zero-order valence-electron chi connectivity index (χ0n) is 13.9. The highest BCUT2D eigenvalue weighted by atomic mass is 16.6. The molecule has 0 aliphatic carbocycles. The molecule has 1 aromatic heterocycles. The minimum atomic E-state index is -0.392. The molecule has 2 aromatic rings. The molecule has 0 radical (unpaired) electrons. The van der Waals surface area contributed by atoms with Crippen molar-refractivity contribution < 1.29 is 13.9 Å². The van der Waals surface area contributed by atoms with Gasteiger partial charge in [-0.1, -0.05) is 0 Å². The van der Waals surface area contributed by atoms with E-state index in [1.165, 1.54) is 0 Å². The lowest BCUT2D eigenvalue weighted by molar-refractivity contribution is 0.100. The Hall–Kier alpha value is -2.47. The van der Waals surface area contributed by atoms with Gasteiger partial charge in [-0.2, -0.15) is 0 Å². The van der Waals surface area contributed by atoms with E-state index in [-0.39, 0.29) is 0 Å². The number of rotatable bonds is 6. The molecule has 0 bridgehead atoms. The van der Waals surface area contributed by atoms with Crippen molar-refractivity contribution in [1.82, 2.24) is 4.90 Å². The number of furan rings is 1. The molecule has 1 aromatic carbocycles. The molecule has 0 saturated carbocycles. The number of primary amides is 1. The van der Waals surface area contributed by atoms with E-state index in [0.29, 0.717) is 18.1 Å². The fourth-order valence-corrected chi connectivity index (χ4v) is 2.88. The highest BCUT2D eigenvalue weighted by Crippen LogP contribution is 2.20. The second-order valence-corrected chi connectivity index (χ2v) is 5.83. The van der Waals surface area contributed by atoms with Gasteiger partial charge < -0.3 is 19.8 Å². The standard InChI is InChI=1S/C18H23N3O3/c1-2-23-17-8-7-16(24-17)13-20-9-11-21(12-10-20)15-5-3-14(4-6-15)18(19)22/h3-8H,2,9-13H2,1H3,(H2,19,22). The molecule has 128 valence electrons. The van der Waals surface area contributed by atoms with Gasteiger partial charge in [-0.05, 0) is 37.3 Å². The Morgan fingerprint density at radius 3 is 2.46 bits per heavy atom. The third-order valence-electron chi connectivity index (χ3n) is 4.19. The molecular weight excluding hydrogens is 306 g/mol. The number of carbonyl (C=O) groups is 1. The van der Waals surface area contributed by atoms with Crippen LogP contribution in [-0.2, 0) is 6.54 Å². The largest absolute Gasteiger partial charge is 0.465 e. The topological polar surface area (TPSA) is 71.9 Å². The minimum absolute atomic E-state index is 0.392. The summed E-state index contributed by atoms with van der Waals surface area (Å²) in [5, 5.41) is 0. The van der Waals surface area contributed by atoms with E-state index in [1.807, 2.05) is 31.2 Å². The predicted molar refractivity (Wildman–Crippen MR) is 92.3 cm³/mol. The van der Waals surface area contributed by atoms with Crippen LogP contribution in [0.1, 0.15) is 23.0 Å². The summed E-state index contributed by atoms with van der Waals surface area (Å²) >= 11 is 0. The van der Waals surface area contributed by atoms with Crippen LogP contribution in [0.15, 0.2) is 40.8 Å². The molecule has 2 heterocycles. The molecule has 1 fully saturated rings. The summed E-state index contributed by atoms with van der Waals surface area (Å²) in [7, 11) is 0. The van der Waals surface area contributed by atoms with E-state index in [1.54, 1.807) is 12.1 Å². The van der Waals surface area contributed by atoms with Crippen molar-refractivity contribution in [3.05, 3.63) is 47.7 Å². The van der Waals surface area contributed by atoms with Gasteiger partial charge in [-0.15, -0.1) is 0 Å². The number of piperazine rings is 1. The van der Waals surface area contributed by atoms with Crippen LogP contribution in [-0.4, -0.2) is 43.6 Å². The predicted octanol–water partition coefficient (Wildman–Crippen LogP) is 2.10. The molecule has 0 spiro atoms. The Balaban J connectivity index is 1.52. The first-order chi connectivity index (χ1) is 11.7. The van der Waals surface area contributed by atoms with Crippen LogP contribution < -0.4 is 15.4 Å². The molecule has 3 rings (SSSR count). The summed E-state index contributed by atoms with van der Waals surface area (Å²) in [6, 6.07) is 11.3. The molecule has 1 aliphatic heterocycles. The Labute approximate surface area is 141 Å². The molecule has 1 saturated heterocycles. The molecular formula is C18H23N3O3. The Morgan fingerprint density at radius 2 is 1.83 bits per heavy atom. The lowest BCUT2D eigenvalue weighted by Gasteiger charge is -2.35. The van der Waals surface area contributed by atoms with E-state index in [4.69, 9.17) is 14.9 Å². The van der Waals surface area contributed by atoms with Crippen molar-refractivity contribution in [2.75, 3.05) is 37.7 Å². The molecule has 0 atom stereocenters. The molecule has 0 unspecified atom stereocenters. The van der Waals surface area contributed by atoms with Crippen molar-refractivity contribution in [2.45, 2.75) is 13.5 Å². The molecule has 24 heavy (non-hydrogen) atoms. The first-order valence-electron chi connectivity index (χ1n) is 8.24. The number of anilines is 1. The van der Waals surface area contributed by atoms with Gasteiger partial charge in [0.2, 0.25) is 5.91 Å². The highest BCUT2D eigenvalue weighted by Gasteiger charge is 2.18. The van der Waals surface area contributed by atoms with Gasteiger partial charge in [0.1, 0.15) is 5.76 Å². The maximum atomic E-state index is 11.1. The van der Waals surface area contributed by atoms with E-state index >= 15 is 0 Å². The average Bonchev–Trinajstić information content (AvgIpc) is 3.03. The monoisotopic (exact) mass is 329 g/mol. The summed E-state index contributed by atoms with van der Waals surface area (Å²) in [5.41, 5.74) is 6.94. The summed E-state index contributed by atoms with van der Waals surface area (Å²) < 4.78 is 11.0. The Morgan fingerprint density at radius 1 is 1.12 bits per heavy atom. The van der Waals surface area contributed by atoms with E-state index in [0.717, 1.165) is 44.2 Å². The summed E-state index contributed by atoms with van der Waals surface area (Å²) in [5.74, 6) is 1.12. The number of ether oxygens (including phenoxy) is 1. The number of amides is 1. The Kier molecular flexibility index (Phi) is 5.05. The molecule has 6 heteroatoms. The van der Waals surface area contributed by atoms with Gasteiger partial charge >= 0.3 is 0 Å². The van der Waals surface area contributed by atoms with Crippen molar-refractivity contribution in [3.63, 3.8) is 0 Å².